The van der Waals surface area contributed by atoms with E-state index in [9.17, 15) is 15.2 Å². The second-order valence-electron chi connectivity index (χ2n) is 3.74. The highest BCUT2D eigenvalue weighted by Crippen LogP contribution is 2.23. The van der Waals surface area contributed by atoms with Crippen molar-refractivity contribution < 1.29 is 10.0 Å². The number of nitro groups is 1. The average Bonchev–Trinajstić information content (AvgIpc) is 2.37. The van der Waals surface area contributed by atoms with Crippen LogP contribution in [0, 0.1) is 10.1 Å². The minimum atomic E-state index is -0.518. The maximum atomic E-state index is 10.7. The largest absolute Gasteiger partial charge is 0.507 e. The zero-order valence-corrected chi connectivity index (χ0v) is 11.2. The topological polar surface area (TPSA) is 75.7 Å². The molecule has 2 rings (SSSR count). The lowest BCUT2D eigenvalue weighted by molar-refractivity contribution is -0.384. The fourth-order valence-corrected chi connectivity index (χ4v) is 1.85. The van der Waals surface area contributed by atoms with Crippen LogP contribution in [0.4, 0.5) is 11.4 Å². The van der Waals surface area contributed by atoms with Crippen molar-refractivity contribution in [1.29, 1.82) is 0 Å². The van der Waals surface area contributed by atoms with Gasteiger partial charge in [0.2, 0.25) is 0 Å². The molecule has 5 nitrogen and oxygen atoms in total. The first-order valence-corrected chi connectivity index (χ1v) is 6.12. The van der Waals surface area contributed by atoms with Crippen molar-refractivity contribution in [2.75, 3.05) is 0 Å². The van der Waals surface area contributed by atoms with E-state index in [1.165, 1.54) is 24.4 Å². The van der Waals surface area contributed by atoms with Crippen molar-refractivity contribution in [2.45, 2.75) is 0 Å². The molecule has 0 aliphatic carbocycles. The molecule has 0 saturated carbocycles. The van der Waals surface area contributed by atoms with Crippen molar-refractivity contribution in [3.05, 3.63) is 62.6 Å². The van der Waals surface area contributed by atoms with Crippen molar-refractivity contribution in [2.24, 2.45) is 4.99 Å². The van der Waals surface area contributed by atoms with Crippen LogP contribution in [-0.4, -0.2) is 16.2 Å². The van der Waals surface area contributed by atoms with Crippen molar-refractivity contribution in [1.82, 2.24) is 0 Å². The van der Waals surface area contributed by atoms with Gasteiger partial charge in [0.05, 0.1) is 10.6 Å². The molecule has 19 heavy (non-hydrogen) atoms. The summed E-state index contributed by atoms with van der Waals surface area (Å²) in [5, 5.41) is 20.3. The maximum Gasteiger partial charge on any atom is 0.270 e. The molecule has 0 aliphatic rings. The molecule has 0 aromatic heterocycles. The Morgan fingerprint density at radius 1 is 1.26 bits per heavy atom. The third-order valence-electron chi connectivity index (χ3n) is 2.38. The SMILES string of the molecule is O=[N+]([O-])c1ccc(O)c(C=Nc2cccc(Br)c2)c1. The van der Waals surface area contributed by atoms with E-state index < -0.39 is 4.92 Å². The Hall–Kier alpha value is -2.21. The lowest BCUT2D eigenvalue weighted by Gasteiger charge is -1.99. The molecule has 0 spiro atoms. The van der Waals surface area contributed by atoms with Gasteiger partial charge in [-0.3, -0.25) is 15.1 Å². The van der Waals surface area contributed by atoms with Crippen LogP contribution < -0.4 is 0 Å². The van der Waals surface area contributed by atoms with E-state index in [0.29, 0.717) is 11.3 Å². The lowest BCUT2D eigenvalue weighted by atomic mass is 10.2. The van der Waals surface area contributed by atoms with Crippen LogP contribution in [0.1, 0.15) is 5.56 Å². The number of aromatic hydroxyl groups is 1. The van der Waals surface area contributed by atoms with Crippen LogP contribution >= 0.6 is 15.9 Å². The number of non-ortho nitro benzene ring substituents is 1. The fraction of sp³-hybridized carbons (Fsp3) is 0. The van der Waals surface area contributed by atoms with Crippen LogP contribution in [0.2, 0.25) is 0 Å². The Morgan fingerprint density at radius 3 is 2.74 bits per heavy atom. The number of nitro benzene ring substituents is 1. The predicted octanol–water partition coefficient (Wildman–Crippen LogP) is 3.81. The van der Waals surface area contributed by atoms with Gasteiger partial charge in [-0.2, -0.15) is 0 Å². The van der Waals surface area contributed by atoms with Crippen LogP contribution in [-0.2, 0) is 0 Å². The molecule has 0 heterocycles. The predicted molar refractivity (Wildman–Crippen MR) is 76.2 cm³/mol. The molecule has 0 fully saturated rings. The van der Waals surface area contributed by atoms with Gasteiger partial charge in [-0.1, -0.05) is 22.0 Å². The van der Waals surface area contributed by atoms with E-state index in [4.69, 9.17) is 0 Å². The van der Waals surface area contributed by atoms with E-state index in [1.807, 2.05) is 12.1 Å². The Labute approximate surface area is 117 Å². The molecular formula is C13H9BrN2O3. The van der Waals surface area contributed by atoms with E-state index >= 15 is 0 Å². The van der Waals surface area contributed by atoms with Gasteiger partial charge >= 0.3 is 0 Å². The summed E-state index contributed by atoms with van der Waals surface area (Å²) in [5.41, 5.74) is 0.892. The Kier molecular flexibility index (Phi) is 3.91. The van der Waals surface area contributed by atoms with Crippen molar-refractivity contribution in [3.63, 3.8) is 0 Å². The molecule has 0 unspecified atom stereocenters. The summed E-state index contributed by atoms with van der Waals surface area (Å²) >= 11 is 3.32. The number of benzene rings is 2. The summed E-state index contributed by atoms with van der Waals surface area (Å²) in [6, 6.07) is 11.1. The second-order valence-corrected chi connectivity index (χ2v) is 4.65. The molecule has 0 aliphatic heterocycles. The molecule has 6 heteroatoms. The number of hydrogen-bond acceptors (Lipinski definition) is 4. The molecular weight excluding hydrogens is 312 g/mol. The molecule has 0 bridgehead atoms. The third-order valence-corrected chi connectivity index (χ3v) is 2.88. The van der Waals surface area contributed by atoms with Gasteiger partial charge in [0.1, 0.15) is 5.75 Å². The van der Waals surface area contributed by atoms with Crippen LogP contribution in [0.15, 0.2) is 51.9 Å². The normalized spacial score (nSPS) is 10.8. The minimum Gasteiger partial charge on any atom is -0.507 e. The third kappa shape index (κ3) is 3.38. The van der Waals surface area contributed by atoms with E-state index in [2.05, 4.69) is 20.9 Å². The Balaban J connectivity index is 2.32. The number of hydrogen-bond donors (Lipinski definition) is 1. The van der Waals surface area contributed by atoms with Gasteiger partial charge in [0.25, 0.3) is 5.69 Å². The van der Waals surface area contributed by atoms with E-state index in [-0.39, 0.29) is 11.4 Å². The Morgan fingerprint density at radius 2 is 2.05 bits per heavy atom. The van der Waals surface area contributed by atoms with Crippen LogP contribution in [0.25, 0.3) is 0 Å². The van der Waals surface area contributed by atoms with Crippen LogP contribution in [0.5, 0.6) is 5.75 Å². The number of phenols is 1. The van der Waals surface area contributed by atoms with Gasteiger partial charge in [-0.05, 0) is 24.3 Å². The van der Waals surface area contributed by atoms with Crippen molar-refractivity contribution >= 4 is 33.5 Å². The molecule has 1 N–H and O–H groups in total. The summed E-state index contributed by atoms with van der Waals surface area (Å²) in [6.07, 6.45) is 1.39. The average molecular weight is 321 g/mol. The molecule has 96 valence electrons. The minimum absolute atomic E-state index is 0.0515. The van der Waals surface area contributed by atoms with E-state index in [0.717, 1.165) is 4.47 Å². The number of rotatable bonds is 3. The summed E-state index contributed by atoms with van der Waals surface area (Å²) in [7, 11) is 0. The quantitative estimate of drug-likeness (QED) is 0.530. The first-order chi connectivity index (χ1) is 9.06. The summed E-state index contributed by atoms with van der Waals surface area (Å²) in [5.74, 6) is -0.0515. The maximum absolute atomic E-state index is 10.7. The Bertz CT molecular complexity index is 656. The second kappa shape index (κ2) is 5.62. The van der Waals surface area contributed by atoms with Gasteiger partial charge < -0.3 is 5.11 Å². The van der Waals surface area contributed by atoms with E-state index in [1.54, 1.807) is 12.1 Å². The summed E-state index contributed by atoms with van der Waals surface area (Å²) in [4.78, 5) is 14.3. The van der Waals surface area contributed by atoms with Crippen LogP contribution in [0.3, 0.4) is 0 Å². The summed E-state index contributed by atoms with van der Waals surface area (Å²) in [6.45, 7) is 0. The first kappa shape index (κ1) is 13.2. The highest BCUT2D eigenvalue weighted by Gasteiger charge is 2.08. The van der Waals surface area contributed by atoms with Gasteiger partial charge in [-0.25, -0.2) is 0 Å². The molecule has 2 aromatic carbocycles. The molecule has 2 aromatic rings. The van der Waals surface area contributed by atoms with Crippen molar-refractivity contribution in [3.8, 4) is 5.75 Å². The summed E-state index contributed by atoms with van der Waals surface area (Å²) < 4.78 is 0.880. The number of halogens is 1. The monoisotopic (exact) mass is 320 g/mol. The molecule has 0 amide bonds. The molecule has 0 radical (unpaired) electrons. The smallest absolute Gasteiger partial charge is 0.270 e. The zero-order chi connectivity index (χ0) is 13.8. The van der Waals surface area contributed by atoms with Gasteiger partial charge in [0, 0.05) is 28.4 Å². The van der Waals surface area contributed by atoms with Gasteiger partial charge in [-0.15, -0.1) is 0 Å². The first-order valence-electron chi connectivity index (χ1n) is 5.33. The highest BCUT2D eigenvalue weighted by atomic mass is 79.9. The fourth-order valence-electron chi connectivity index (χ4n) is 1.46. The highest BCUT2D eigenvalue weighted by molar-refractivity contribution is 9.10. The standard InChI is InChI=1S/C13H9BrN2O3/c14-10-2-1-3-11(7-10)15-8-9-6-12(16(18)19)4-5-13(9)17/h1-8,17H. The molecule has 0 saturated heterocycles. The molecule has 0 atom stereocenters. The zero-order valence-electron chi connectivity index (χ0n) is 9.65. The number of phenolic OH excluding ortho intramolecular Hbond substituents is 1. The number of aliphatic imine (C=N–C) groups is 1. The lowest BCUT2D eigenvalue weighted by Crippen LogP contribution is -1.90. The number of nitrogens with zero attached hydrogens (tertiary/aromatic N) is 2. The van der Waals surface area contributed by atoms with Gasteiger partial charge in [0.15, 0.2) is 0 Å².